The molecule has 2 atom stereocenters. The number of unbranched alkanes of at least 4 members (excludes halogenated alkanes) is 6. The molecule has 0 fully saturated rings. The first kappa shape index (κ1) is 49.2. The molecule has 0 bridgehead atoms. The quantitative estimate of drug-likeness (QED) is 0.0981. The van der Waals surface area contributed by atoms with Gasteiger partial charge in [-0.1, -0.05) is 144 Å². The molecule has 6 aromatic rings. The number of carboxylic acid groups (broad SMARTS) is 1. The molecule has 1 N–H and O–H groups in total. The summed E-state index contributed by atoms with van der Waals surface area (Å²) < 4.78 is 0. The second-order valence-electron chi connectivity index (χ2n) is 22.4. The van der Waals surface area contributed by atoms with Crippen LogP contribution in [-0.4, -0.2) is 11.1 Å². The van der Waals surface area contributed by atoms with E-state index in [1.165, 1.54) is 134 Å². The van der Waals surface area contributed by atoms with E-state index >= 15 is 0 Å². The summed E-state index contributed by atoms with van der Waals surface area (Å²) in [6.45, 7) is 23.4. The van der Waals surface area contributed by atoms with E-state index in [1.54, 1.807) is 11.1 Å². The summed E-state index contributed by atoms with van der Waals surface area (Å²) >= 11 is 9.77. The van der Waals surface area contributed by atoms with Crippen molar-refractivity contribution >= 4 is 79.4 Å². The van der Waals surface area contributed by atoms with E-state index in [2.05, 4.69) is 171 Å². The van der Waals surface area contributed by atoms with Gasteiger partial charge in [-0.25, -0.2) is 4.79 Å². The second-order valence-corrected chi connectivity index (χ2v) is 27.6. The van der Waals surface area contributed by atoms with Gasteiger partial charge in [0.1, 0.15) is 0 Å². The minimum atomic E-state index is -0.890. The summed E-state index contributed by atoms with van der Waals surface area (Å²) in [6, 6.07) is 24.6. The zero-order chi connectivity index (χ0) is 49.3. The second kappa shape index (κ2) is 18.9. The first-order valence-corrected chi connectivity index (χ1v) is 29.8. The van der Waals surface area contributed by atoms with Gasteiger partial charge in [-0.05, 0) is 163 Å². The molecule has 2 nitrogen and oxygen atoms in total. The maximum atomic E-state index is 12.5. The topological polar surface area (TPSA) is 37.3 Å². The van der Waals surface area contributed by atoms with E-state index in [1.807, 2.05) is 57.5 Å². The maximum absolute atomic E-state index is 12.5. The van der Waals surface area contributed by atoms with Gasteiger partial charge in [-0.15, -0.1) is 56.7 Å². The van der Waals surface area contributed by atoms with Crippen LogP contribution in [0.4, 0.5) is 0 Å². The van der Waals surface area contributed by atoms with Crippen molar-refractivity contribution in [1.82, 2.24) is 0 Å². The number of benzene rings is 1. The highest BCUT2D eigenvalue weighted by atomic mass is 32.1. The Kier molecular flexibility index (Phi) is 13.3. The molecular formula is C63H68O2S5. The third-order valence-corrected chi connectivity index (χ3v) is 22.0. The van der Waals surface area contributed by atoms with E-state index in [4.69, 9.17) is 0 Å². The van der Waals surface area contributed by atoms with E-state index < -0.39 is 16.8 Å². The van der Waals surface area contributed by atoms with Crippen molar-refractivity contribution in [3.63, 3.8) is 0 Å². The lowest BCUT2D eigenvalue weighted by Gasteiger charge is -2.58. The van der Waals surface area contributed by atoms with Crippen molar-refractivity contribution in [1.29, 1.82) is 0 Å². The molecule has 1 aromatic carbocycles. The van der Waals surface area contributed by atoms with Crippen molar-refractivity contribution < 1.29 is 9.90 Å². The fourth-order valence-electron chi connectivity index (χ4n) is 11.5. The average molecular weight is 1020 g/mol. The summed E-state index contributed by atoms with van der Waals surface area (Å²) in [5.41, 5.74) is 11.5. The molecule has 0 saturated carbocycles. The zero-order valence-electron chi connectivity index (χ0n) is 42.8. The molecule has 5 aromatic heterocycles. The first-order valence-electron chi connectivity index (χ1n) is 25.7. The third kappa shape index (κ3) is 8.47. The summed E-state index contributed by atoms with van der Waals surface area (Å²) in [6.07, 6.45) is 24.8. The van der Waals surface area contributed by atoms with Gasteiger partial charge in [0.15, 0.2) is 0 Å². The Morgan fingerprint density at radius 3 is 1.61 bits per heavy atom. The highest BCUT2D eigenvalue weighted by Gasteiger charge is 2.59. The Hall–Kier alpha value is -4.37. The van der Waals surface area contributed by atoms with E-state index in [9.17, 15) is 9.90 Å². The van der Waals surface area contributed by atoms with Crippen LogP contribution in [0.1, 0.15) is 147 Å². The summed E-state index contributed by atoms with van der Waals surface area (Å²) in [7, 11) is 0. The van der Waals surface area contributed by atoms with Gasteiger partial charge in [0.25, 0.3) is 0 Å². The van der Waals surface area contributed by atoms with Gasteiger partial charge in [-0.2, -0.15) is 0 Å². The van der Waals surface area contributed by atoms with Crippen LogP contribution in [0.5, 0.6) is 0 Å². The molecule has 10 rings (SSSR count). The Bertz CT molecular complexity index is 3310. The van der Waals surface area contributed by atoms with Gasteiger partial charge >= 0.3 is 5.97 Å². The van der Waals surface area contributed by atoms with Crippen LogP contribution in [0.2, 0.25) is 0 Å². The van der Waals surface area contributed by atoms with Crippen LogP contribution < -0.4 is 10.4 Å². The lowest BCUT2D eigenvalue weighted by Crippen LogP contribution is -2.55. The number of allylic oxidation sites excluding steroid dienone is 10. The number of hydrogen-bond donors (Lipinski definition) is 1. The number of fused-ring (bicyclic) bond motifs is 1. The van der Waals surface area contributed by atoms with E-state index in [0.29, 0.717) is 5.56 Å². The predicted molar refractivity (Wildman–Crippen MR) is 308 cm³/mol. The highest BCUT2D eigenvalue weighted by Crippen LogP contribution is 2.69. The lowest BCUT2D eigenvalue weighted by molar-refractivity contribution is 0.0696. The molecule has 0 saturated heterocycles. The molecule has 0 amide bonds. The number of thiophene rings is 5. The van der Waals surface area contributed by atoms with Crippen molar-refractivity contribution in [3.8, 4) is 39.0 Å². The molecule has 0 radical (unpaired) electrons. The molecule has 5 heterocycles. The van der Waals surface area contributed by atoms with Crippen LogP contribution in [0, 0.1) is 21.7 Å². The van der Waals surface area contributed by atoms with Gasteiger partial charge < -0.3 is 5.11 Å². The molecule has 70 heavy (non-hydrogen) atoms. The number of rotatable bonds is 16. The molecule has 4 aliphatic rings. The van der Waals surface area contributed by atoms with E-state index in [-0.39, 0.29) is 10.8 Å². The molecule has 0 spiro atoms. The SMILES string of the molecule is CCCCCCc1c(-c2ccc(-c3cccs3)s2)sc(-c2ccc(-c3ccc(C4=CC5=CC(C(C)(C)C)=CC6=c7cc(C(=O)O)ccc7=C7C=C(C(C)(C)C)C=C4[C@]7(C)[C@@]56C)s3)s2)c1CCCCCC. The number of hydrogen-bond acceptors (Lipinski definition) is 6. The predicted octanol–water partition coefficient (Wildman–Crippen LogP) is 18.9. The molecule has 0 aliphatic heterocycles. The van der Waals surface area contributed by atoms with Crippen molar-refractivity contribution in [2.24, 2.45) is 21.7 Å². The normalized spacial score (nSPS) is 19.6. The number of aromatic carboxylic acids is 1. The summed E-state index contributed by atoms with van der Waals surface area (Å²) in [4.78, 5) is 25.0. The van der Waals surface area contributed by atoms with Crippen LogP contribution in [0.3, 0.4) is 0 Å². The van der Waals surface area contributed by atoms with Crippen LogP contribution >= 0.6 is 56.7 Å². The highest BCUT2D eigenvalue weighted by molar-refractivity contribution is 7.30. The Morgan fingerprint density at radius 1 is 0.543 bits per heavy atom. The molecular weight excluding hydrogens is 949 g/mol. The van der Waals surface area contributed by atoms with Crippen LogP contribution in [-0.2, 0) is 12.8 Å². The fraction of sp³-hybridized carbons (Fsp3) is 0.381. The van der Waals surface area contributed by atoms with Gasteiger partial charge in [-0.3, -0.25) is 0 Å². The molecule has 7 heteroatoms. The summed E-state index contributed by atoms with van der Waals surface area (Å²) in [5.74, 6) is -0.890. The molecule has 362 valence electrons. The monoisotopic (exact) mass is 1020 g/mol. The molecule has 0 unspecified atom stereocenters. The fourth-order valence-corrected chi connectivity index (χ4v) is 17.1. The van der Waals surface area contributed by atoms with Crippen LogP contribution in [0.25, 0.3) is 55.7 Å². The zero-order valence-corrected chi connectivity index (χ0v) is 46.9. The van der Waals surface area contributed by atoms with Crippen LogP contribution in [0.15, 0.2) is 125 Å². The largest absolute Gasteiger partial charge is 0.478 e. The Labute approximate surface area is 437 Å². The summed E-state index contributed by atoms with van der Waals surface area (Å²) in [5, 5.41) is 14.7. The minimum Gasteiger partial charge on any atom is -0.478 e. The Balaban J connectivity index is 1.09. The Morgan fingerprint density at radius 2 is 1.07 bits per heavy atom. The third-order valence-electron chi connectivity index (χ3n) is 15.8. The lowest BCUT2D eigenvalue weighted by atomic mass is 9.44. The maximum Gasteiger partial charge on any atom is 0.335 e. The standard InChI is InChI=1S/C63H68O2S5/c1-11-13-15-17-20-43-44(21-18-16-14-12-2)58(70-57(43)55-29-27-52(68-55)51-22-19-31-66-51)56-30-28-54(69-56)53-26-25-50(67-53)46-34-41-33-39(60(3,4)5)35-48-45-32-38(59(64)65)23-24-42(45)47-36-40(61(6,7)8)37-49(46)63(47,10)62(41,48)9/h19,22-37H,11-18,20-21H2,1-10H3,(H,64,65)/t62-,63+/m0/s1. The van der Waals surface area contributed by atoms with Gasteiger partial charge in [0.05, 0.1) is 5.56 Å². The smallest absolute Gasteiger partial charge is 0.335 e. The number of carboxylic acids is 1. The van der Waals surface area contributed by atoms with Gasteiger partial charge in [0.2, 0.25) is 0 Å². The molecule has 4 aliphatic carbocycles. The first-order chi connectivity index (χ1) is 33.4. The van der Waals surface area contributed by atoms with Gasteiger partial charge in [0, 0.05) is 54.7 Å². The minimum absolute atomic E-state index is 0.101. The number of carbonyl (C=O) groups is 1. The average Bonchev–Trinajstić information content (AvgIpc) is 4.18. The van der Waals surface area contributed by atoms with Crippen molar-refractivity contribution in [3.05, 3.63) is 157 Å². The van der Waals surface area contributed by atoms with E-state index in [0.717, 1.165) is 23.3 Å². The van der Waals surface area contributed by atoms with Crippen molar-refractivity contribution in [2.45, 2.75) is 133 Å². The van der Waals surface area contributed by atoms with Crippen molar-refractivity contribution in [2.75, 3.05) is 0 Å².